The summed E-state index contributed by atoms with van der Waals surface area (Å²) in [6, 6.07) is 11.2. The number of pyridine rings is 1. The van der Waals surface area contributed by atoms with E-state index >= 15 is 0 Å². The van der Waals surface area contributed by atoms with Crippen molar-refractivity contribution in [3.63, 3.8) is 0 Å². The molecule has 1 aliphatic heterocycles. The number of carbonyl (C=O) groups excluding carboxylic acids is 1. The first-order valence-electron chi connectivity index (χ1n) is 7.63. The van der Waals surface area contributed by atoms with Crippen LogP contribution in [0.1, 0.15) is 37.9 Å². The number of fused-ring (bicyclic) bond motifs is 2. The van der Waals surface area contributed by atoms with E-state index in [-0.39, 0.29) is 17.6 Å². The molecular weight excluding hydrogens is 290 g/mol. The molecule has 3 rings (SSSR count). The second kappa shape index (κ2) is 5.57. The van der Waals surface area contributed by atoms with Crippen LogP contribution < -0.4 is 10.1 Å². The Morgan fingerprint density at radius 2 is 1.87 bits per heavy atom. The predicted octanol–water partition coefficient (Wildman–Crippen LogP) is 3.72. The number of nitrogens with one attached hydrogen (secondary N) is 1. The number of rotatable bonds is 1. The monoisotopic (exact) mass is 311 g/mol. The molecule has 1 atom stereocenters. The number of amides is 2. The fourth-order valence-electron chi connectivity index (χ4n) is 2.71. The van der Waals surface area contributed by atoms with Gasteiger partial charge in [-0.1, -0.05) is 18.2 Å². The molecule has 1 aromatic carbocycles. The maximum absolute atomic E-state index is 12.6. The molecule has 1 N–H and O–H groups in total. The molecule has 0 bridgehead atoms. The minimum atomic E-state index is -0.298. The molecular formula is C18H21N3O2. The zero-order valence-electron chi connectivity index (χ0n) is 13.8. The van der Waals surface area contributed by atoms with Crippen molar-refractivity contribution in [2.75, 3.05) is 7.05 Å². The Kier molecular flexibility index (Phi) is 3.72. The van der Waals surface area contributed by atoms with Gasteiger partial charge in [0.15, 0.2) is 0 Å². The number of hydrogen-bond acceptors (Lipinski definition) is 3. The molecule has 0 saturated carbocycles. The molecule has 2 amide bonds. The Labute approximate surface area is 136 Å². The van der Waals surface area contributed by atoms with Crippen LogP contribution >= 0.6 is 0 Å². The van der Waals surface area contributed by atoms with Crippen molar-refractivity contribution in [3.8, 4) is 11.6 Å². The van der Waals surface area contributed by atoms with Crippen LogP contribution in [0.25, 0.3) is 0 Å². The second-order valence-corrected chi connectivity index (χ2v) is 6.73. The molecule has 2 aromatic rings. The number of benzene rings is 1. The van der Waals surface area contributed by atoms with Crippen LogP contribution in [-0.2, 0) is 0 Å². The van der Waals surface area contributed by atoms with E-state index < -0.39 is 0 Å². The van der Waals surface area contributed by atoms with Crippen LogP contribution in [0.5, 0.6) is 11.6 Å². The predicted molar refractivity (Wildman–Crippen MR) is 88.6 cm³/mol. The van der Waals surface area contributed by atoms with Gasteiger partial charge < -0.3 is 15.0 Å². The zero-order valence-corrected chi connectivity index (χ0v) is 13.8. The smallest absolute Gasteiger partial charge is 0.318 e. The van der Waals surface area contributed by atoms with Crippen molar-refractivity contribution in [3.05, 3.63) is 53.7 Å². The lowest BCUT2D eigenvalue weighted by Crippen LogP contribution is -2.48. The normalized spacial score (nSPS) is 15.9. The minimum Gasteiger partial charge on any atom is -0.438 e. The third-order valence-corrected chi connectivity index (χ3v) is 3.70. The van der Waals surface area contributed by atoms with Gasteiger partial charge in [0.25, 0.3) is 0 Å². The zero-order chi connectivity index (χ0) is 16.6. The number of aromatic nitrogens is 1. The van der Waals surface area contributed by atoms with Crippen molar-refractivity contribution in [2.24, 2.45) is 0 Å². The van der Waals surface area contributed by atoms with Crippen molar-refractivity contribution in [1.82, 2.24) is 15.2 Å². The molecule has 2 heterocycles. The molecule has 1 unspecified atom stereocenters. The lowest BCUT2D eigenvalue weighted by molar-refractivity contribution is 0.186. The average molecular weight is 311 g/mol. The maximum atomic E-state index is 12.6. The average Bonchev–Trinajstić information content (AvgIpc) is 2.50. The summed E-state index contributed by atoms with van der Waals surface area (Å²) in [5.74, 6) is 1.28. The Hall–Kier alpha value is -2.56. The molecule has 0 spiro atoms. The van der Waals surface area contributed by atoms with Gasteiger partial charge in [0.2, 0.25) is 5.88 Å². The van der Waals surface area contributed by atoms with Gasteiger partial charge in [0, 0.05) is 29.9 Å². The first-order chi connectivity index (χ1) is 10.9. The fraction of sp³-hybridized carbons (Fsp3) is 0.333. The van der Waals surface area contributed by atoms with E-state index in [1.807, 2.05) is 57.2 Å². The van der Waals surface area contributed by atoms with Gasteiger partial charge in [-0.05, 0) is 39.0 Å². The topological polar surface area (TPSA) is 54.5 Å². The van der Waals surface area contributed by atoms with Crippen molar-refractivity contribution in [2.45, 2.75) is 32.4 Å². The lowest BCUT2D eigenvalue weighted by Gasteiger charge is -2.35. The summed E-state index contributed by atoms with van der Waals surface area (Å²) in [5.41, 5.74) is 1.55. The summed E-state index contributed by atoms with van der Waals surface area (Å²) in [4.78, 5) is 18.6. The lowest BCUT2D eigenvalue weighted by atomic mass is 9.95. The highest BCUT2D eigenvalue weighted by atomic mass is 16.5. The molecule has 0 radical (unpaired) electrons. The number of para-hydroxylation sites is 1. The van der Waals surface area contributed by atoms with Crippen molar-refractivity contribution in [1.29, 1.82) is 0 Å². The molecule has 0 aliphatic carbocycles. The first-order valence-corrected chi connectivity index (χ1v) is 7.63. The molecule has 1 aliphatic rings. The summed E-state index contributed by atoms with van der Waals surface area (Å²) in [6.45, 7) is 5.89. The van der Waals surface area contributed by atoms with Gasteiger partial charge in [-0.2, -0.15) is 0 Å². The van der Waals surface area contributed by atoms with E-state index in [2.05, 4.69) is 10.3 Å². The van der Waals surface area contributed by atoms with Crippen molar-refractivity contribution < 1.29 is 9.53 Å². The van der Waals surface area contributed by atoms with Crippen LogP contribution in [0.4, 0.5) is 4.79 Å². The molecule has 0 fully saturated rings. The van der Waals surface area contributed by atoms with E-state index in [0.29, 0.717) is 5.88 Å². The highest BCUT2D eigenvalue weighted by Crippen LogP contribution is 2.43. The Morgan fingerprint density at radius 1 is 1.17 bits per heavy atom. The van der Waals surface area contributed by atoms with Crippen LogP contribution in [0.15, 0.2) is 42.6 Å². The van der Waals surface area contributed by atoms with Gasteiger partial charge in [0.1, 0.15) is 5.75 Å². The van der Waals surface area contributed by atoms with E-state index in [1.165, 1.54) is 0 Å². The van der Waals surface area contributed by atoms with Gasteiger partial charge in [-0.15, -0.1) is 0 Å². The standard InChI is InChI=1S/C18H21N3O2/c1-18(2,3)20-17(22)21(4)15-12-8-5-6-10-14(12)23-16-13(15)9-7-11-19-16/h5-11,15H,1-4H3,(H,20,22). The number of urea groups is 1. The van der Waals surface area contributed by atoms with Crippen LogP contribution in [-0.4, -0.2) is 28.5 Å². The van der Waals surface area contributed by atoms with Gasteiger partial charge in [0.05, 0.1) is 6.04 Å². The largest absolute Gasteiger partial charge is 0.438 e. The summed E-state index contributed by atoms with van der Waals surface area (Å²) in [7, 11) is 1.80. The van der Waals surface area contributed by atoms with E-state index in [0.717, 1.165) is 16.9 Å². The fourth-order valence-corrected chi connectivity index (χ4v) is 2.71. The Balaban J connectivity index is 2.03. The van der Waals surface area contributed by atoms with Gasteiger partial charge in [-0.3, -0.25) is 0 Å². The van der Waals surface area contributed by atoms with E-state index in [4.69, 9.17) is 4.74 Å². The minimum absolute atomic E-state index is 0.131. The quantitative estimate of drug-likeness (QED) is 0.873. The number of ether oxygens (including phenoxy) is 1. The Morgan fingerprint density at radius 3 is 2.61 bits per heavy atom. The maximum Gasteiger partial charge on any atom is 0.318 e. The number of carbonyl (C=O) groups is 1. The van der Waals surface area contributed by atoms with Gasteiger partial charge in [-0.25, -0.2) is 9.78 Å². The highest BCUT2D eigenvalue weighted by Gasteiger charge is 2.33. The molecule has 1 aromatic heterocycles. The molecule has 5 nitrogen and oxygen atoms in total. The SMILES string of the molecule is CN(C(=O)NC(C)(C)C)C1c2ccccc2Oc2ncccc21. The van der Waals surface area contributed by atoms with Crippen molar-refractivity contribution >= 4 is 6.03 Å². The third kappa shape index (κ3) is 2.99. The van der Waals surface area contributed by atoms with Gasteiger partial charge >= 0.3 is 6.03 Å². The van der Waals surface area contributed by atoms with Crippen LogP contribution in [0, 0.1) is 0 Å². The summed E-state index contributed by atoms with van der Waals surface area (Å²) >= 11 is 0. The molecule has 120 valence electrons. The summed E-state index contributed by atoms with van der Waals surface area (Å²) in [5, 5.41) is 3.00. The number of nitrogens with zero attached hydrogens (tertiary/aromatic N) is 2. The molecule has 5 heteroatoms. The summed E-state index contributed by atoms with van der Waals surface area (Å²) < 4.78 is 5.87. The summed E-state index contributed by atoms with van der Waals surface area (Å²) in [6.07, 6.45) is 1.69. The third-order valence-electron chi connectivity index (χ3n) is 3.70. The molecule has 0 saturated heterocycles. The van der Waals surface area contributed by atoms with Crippen LogP contribution in [0.3, 0.4) is 0 Å². The molecule has 23 heavy (non-hydrogen) atoms. The number of hydrogen-bond donors (Lipinski definition) is 1. The second-order valence-electron chi connectivity index (χ2n) is 6.73. The highest BCUT2D eigenvalue weighted by molar-refractivity contribution is 5.76. The van der Waals surface area contributed by atoms with Crippen LogP contribution in [0.2, 0.25) is 0 Å². The first kappa shape index (κ1) is 15.3. The Bertz CT molecular complexity index is 692. The van der Waals surface area contributed by atoms with E-state index in [9.17, 15) is 4.79 Å². The van der Waals surface area contributed by atoms with E-state index in [1.54, 1.807) is 18.1 Å².